The number of amides is 1. The molecule has 2 N–H and O–H groups in total. The van der Waals surface area contributed by atoms with Crippen LogP contribution in [0.15, 0.2) is 138 Å². The number of hydrogen-bond acceptors (Lipinski definition) is 4. The predicted octanol–water partition coefficient (Wildman–Crippen LogP) is 6.37. The standard InChI is InChI=1S/C28H20N2O5S.C6H5.Y/c31-27(29-25-15-12-22(18-24(25)28(32)33)19-6-2-1-3-7-19)21-10-13-23(14-11-21)36(34,35)30-17-16-20-8-4-5-9-26(20)30;1-2-4-6-5-3-1;/h1-3,5-15,18H,16-17H2,(H-,29,31,32,33);1-5H;/q;-1;/p+1. The van der Waals surface area contributed by atoms with Gasteiger partial charge in [0.2, 0.25) is 0 Å². The fraction of sp³-hybridized carbons (Fsp3) is 0.0588. The van der Waals surface area contributed by atoms with Crippen LogP contribution in [0.4, 0.5) is 5.69 Å². The first kappa shape index (κ1) is 31.7. The topological polar surface area (TPSA) is 104 Å². The molecular weight excluding hydrogens is 637 g/mol. The van der Waals surface area contributed by atoms with Gasteiger partial charge in [0.1, 0.15) is 12.2 Å². The number of anilines is 1. The number of carbonyl (C=O) groups is 2. The minimum atomic E-state index is -3.79. The maximum absolute atomic E-state index is 13.2. The van der Waals surface area contributed by atoms with Crippen molar-refractivity contribution in [1.82, 2.24) is 4.31 Å². The van der Waals surface area contributed by atoms with Crippen LogP contribution in [0, 0.1) is 12.1 Å². The van der Waals surface area contributed by atoms with Crippen LogP contribution in [0.2, 0.25) is 0 Å². The van der Waals surface area contributed by atoms with Gasteiger partial charge in [0.25, 0.3) is 15.9 Å². The molecule has 4 aromatic rings. The smallest absolute Gasteiger partial charge is 0.337 e. The summed E-state index contributed by atoms with van der Waals surface area (Å²) < 4.78 is 27.7. The first-order chi connectivity index (χ1) is 20.3. The van der Waals surface area contributed by atoms with E-state index in [1.54, 1.807) is 30.4 Å². The first-order valence-corrected chi connectivity index (χ1v) is 14.6. The Bertz CT molecular complexity index is 1770. The Morgan fingerprint density at radius 1 is 0.884 bits per heavy atom. The zero-order chi connectivity index (χ0) is 29.5. The van der Waals surface area contributed by atoms with Gasteiger partial charge < -0.3 is 10.4 Å². The summed E-state index contributed by atoms with van der Waals surface area (Å²) in [5.41, 5.74) is 3.42. The Hall–Kier alpha value is -4.20. The molecular formula is C34H26N2O5SY. The Morgan fingerprint density at radius 3 is 2.21 bits per heavy atom. The van der Waals surface area contributed by atoms with Crippen LogP contribution >= 0.6 is 0 Å². The zero-order valence-corrected chi connectivity index (χ0v) is 26.6. The average molecular weight is 664 g/mol. The largest absolute Gasteiger partial charge is 0.478 e. The molecule has 1 aliphatic carbocycles. The van der Waals surface area contributed by atoms with E-state index >= 15 is 0 Å². The van der Waals surface area contributed by atoms with Crippen LogP contribution in [0.25, 0.3) is 11.1 Å². The first-order valence-electron chi connectivity index (χ1n) is 13.1. The van der Waals surface area contributed by atoms with Crippen LogP contribution < -0.4 is 5.32 Å². The Balaban J connectivity index is 0.000000541. The number of carboxylic acid groups (broad SMARTS) is 1. The van der Waals surface area contributed by atoms with Crippen molar-refractivity contribution in [2.24, 2.45) is 0 Å². The van der Waals surface area contributed by atoms with Crippen LogP contribution in [-0.2, 0) is 42.7 Å². The van der Waals surface area contributed by atoms with Gasteiger partial charge in [-0.1, -0.05) is 36.4 Å². The molecule has 1 radical (unpaired) electrons. The fourth-order valence-electron chi connectivity index (χ4n) is 4.57. The minimum absolute atomic E-state index is 0. The third-order valence-electron chi connectivity index (χ3n) is 6.69. The molecule has 0 spiro atoms. The number of carboxylic acids is 1. The summed E-state index contributed by atoms with van der Waals surface area (Å²) in [5.74, 6) is -1.72. The van der Waals surface area contributed by atoms with Gasteiger partial charge in [0.15, 0.2) is 5.70 Å². The minimum Gasteiger partial charge on any atom is -0.478 e. The van der Waals surface area contributed by atoms with Crippen molar-refractivity contribution in [2.45, 2.75) is 11.3 Å². The van der Waals surface area contributed by atoms with Gasteiger partial charge in [0, 0.05) is 50.8 Å². The number of rotatable bonds is 6. The molecule has 9 heteroatoms. The Morgan fingerprint density at radius 2 is 1.58 bits per heavy atom. The van der Waals surface area contributed by atoms with E-state index in [0.29, 0.717) is 24.2 Å². The van der Waals surface area contributed by atoms with Crippen LogP contribution in [0.3, 0.4) is 0 Å². The fourth-order valence-corrected chi connectivity index (χ4v) is 6.08. The van der Waals surface area contributed by atoms with E-state index in [4.69, 9.17) is 0 Å². The Kier molecular flexibility index (Phi) is 10.6. The third kappa shape index (κ3) is 7.42. The van der Waals surface area contributed by atoms with E-state index in [2.05, 4.69) is 17.5 Å². The van der Waals surface area contributed by atoms with Crippen molar-refractivity contribution in [2.75, 3.05) is 11.9 Å². The summed E-state index contributed by atoms with van der Waals surface area (Å²) in [6.07, 6.45) is 8.77. The molecule has 2 aliphatic rings. The maximum atomic E-state index is 13.2. The van der Waals surface area contributed by atoms with Crippen molar-refractivity contribution in [3.05, 3.63) is 156 Å². The predicted molar refractivity (Wildman–Crippen MR) is 161 cm³/mol. The quantitative estimate of drug-likeness (QED) is 0.234. The molecule has 1 amide bonds. The molecule has 7 nitrogen and oxygen atoms in total. The summed E-state index contributed by atoms with van der Waals surface area (Å²) in [7, 11) is -3.79. The second kappa shape index (κ2) is 14.3. The van der Waals surface area contributed by atoms with Gasteiger partial charge in [-0.05, 0) is 47.5 Å². The van der Waals surface area contributed by atoms with E-state index < -0.39 is 21.9 Å². The molecule has 0 atom stereocenters. The van der Waals surface area contributed by atoms with E-state index in [0.717, 1.165) is 11.1 Å². The summed E-state index contributed by atoms with van der Waals surface area (Å²) in [6, 6.07) is 32.2. The molecule has 211 valence electrons. The molecule has 6 rings (SSSR count). The maximum Gasteiger partial charge on any atom is 0.337 e. The number of nitrogens with zero attached hydrogens (tertiary/aromatic N) is 1. The van der Waals surface area contributed by atoms with E-state index in [1.165, 1.54) is 34.6 Å². The van der Waals surface area contributed by atoms with Crippen molar-refractivity contribution >= 4 is 27.6 Å². The van der Waals surface area contributed by atoms with Gasteiger partial charge in [-0.15, -0.1) is 0 Å². The van der Waals surface area contributed by atoms with Gasteiger partial charge in [-0.2, -0.15) is 36.4 Å². The molecule has 1 heterocycles. The molecule has 43 heavy (non-hydrogen) atoms. The van der Waals surface area contributed by atoms with Gasteiger partial charge in [0.05, 0.1) is 34.3 Å². The summed E-state index contributed by atoms with van der Waals surface area (Å²) in [6.45, 7) is 0.342. The third-order valence-corrected chi connectivity index (χ3v) is 8.52. The number of aromatic carboxylic acids is 1. The summed E-state index contributed by atoms with van der Waals surface area (Å²) in [5, 5.41) is 12.3. The SMILES string of the molecule is O=C(Nc1ccc(-c2ccccc2)cc1C(=O)O)c1ccc(S(=O)(=O)N2CCC3=C2C=C[C+]=C3)cc1.[Y].[c-]1ccccc1. The zero-order valence-electron chi connectivity index (χ0n) is 23.0. The van der Waals surface area contributed by atoms with E-state index in [9.17, 15) is 23.1 Å². The average Bonchev–Trinajstić information content (AvgIpc) is 3.48. The van der Waals surface area contributed by atoms with Gasteiger partial charge in [-0.3, -0.25) is 4.79 Å². The summed E-state index contributed by atoms with van der Waals surface area (Å²) in [4.78, 5) is 24.8. The monoisotopic (exact) mass is 663 g/mol. The van der Waals surface area contributed by atoms with Crippen LogP contribution in [0.5, 0.6) is 0 Å². The van der Waals surface area contributed by atoms with Crippen molar-refractivity contribution in [3.63, 3.8) is 0 Å². The number of sulfonamides is 1. The number of nitrogens with one attached hydrogen (secondary N) is 1. The number of carbonyl (C=O) groups excluding carboxylic acids is 1. The van der Waals surface area contributed by atoms with E-state index in [-0.39, 0.29) is 54.4 Å². The Labute approximate surface area is 276 Å². The van der Waals surface area contributed by atoms with Gasteiger partial charge >= 0.3 is 5.97 Å². The summed E-state index contributed by atoms with van der Waals surface area (Å²) >= 11 is 0. The molecule has 0 unspecified atom stereocenters. The van der Waals surface area contributed by atoms with Crippen molar-refractivity contribution in [3.8, 4) is 11.1 Å². The van der Waals surface area contributed by atoms with Crippen molar-refractivity contribution in [1.29, 1.82) is 0 Å². The van der Waals surface area contributed by atoms with Crippen LogP contribution in [-0.4, -0.2) is 36.3 Å². The molecule has 0 saturated carbocycles. The molecule has 4 aromatic carbocycles. The number of benzene rings is 4. The molecule has 0 fully saturated rings. The molecule has 0 saturated heterocycles. The normalized spacial score (nSPS) is 13.2. The number of hydrogen-bond donors (Lipinski definition) is 2. The van der Waals surface area contributed by atoms with Gasteiger partial charge in [-0.25, -0.2) is 17.5 Å². The molecule has 1 aliphatic heterocycles. The second-order valence-electron chi connectivity index (χ2n) is 9.37. The number of allylic oxidation sites excluding steroid dienone is 4. The molecule has 0 bridgehead atoms. The van der Waals surface area contributed by atoms with E-state index in [1.807, 2.05) is 60.7 Å². The van der Waals surface area contributed by atoms with Crippen molar-refractivity contribution < 1.29 is 55.8 Å². The van der Waals surface area contributed by atoms with Crippen LogP contribution in [0.1, 0.15) is 27.1 Å². The second-order valence-corrected chi connectivity index (χ2v) is 11.2. The molecule has 0 aromatic heterocycles.